The quantitative estimate of drug-likeness (QED) is 0.0456. The van der Waals surface area contributed by atoms with Crippen LogP contribution in [0.2, 0.25) is 0 Å². The molecule has 0 aliphatic carbocycles. The average molecular weight is 653 g/mol. The van der Waals surface area contributed by atoms with E-state index in [9.17, 15) is 59.1 Å². The van der Waals surface area contributed by atoms with E-state index in [-0.39, 0.29) is 25.3 Å². The molecule has 0 radical (unpaired) electrons. The van der Waals surface area contributed by atoms with Gasteiger partial charge >= 0.3 is 0 Å². The summed E-state index contributed by atoms with van der Waals surface area (Å²) in [4.78, 5) is 84.6. The van der Waals surface area contributed by atoms with Gasteiger partial charge in [-0.1, -0.05) is 0 Å². The van der Waals surface area contributed by atoms with Crippen LogP contribution in [0, 0.1) is 0 Å². The van der Waals surface area contributed by atoms with Crippen LogP contribution in [0.3, 0.4) is 0 Å². The van der Waals surface area contributed by atoms with Crippen LogP contribution in [-0.2, 0) is 38.3 Å². The zero-order chi connectivity index (χ0) is 34.5. The Balaban J connectivity index is 4.93. The molecule has 21 heteroatoms. The first-order valence-electron chi connectivity index (χ1n) is 13.6. The van der Waals surface area contributed by atoms with Crippen molar-refractivity contribution in [3.63, 3.8) is 0 Å². The molecule has 0 heterocycles. The third-order valence-corrected chi connectivity index (χ3v) is 6.05. The Bertz CT molecular complexity index is 1000. The predicted molar refractivity (Wildman–Crippen MR) is 151 cm³/mol. The van der Waals surface area contributed by atoms with Gasteiger partial charge in [-0.3, -0.25) is 33.6 Å². The number of rotatable bonds is 23. The van der Waals surface area contributed by atoms with Crippen molar-refractivity contribution >= 4 is 41.4 Å². The molecular formula is C24H44N8O13. The molecule has 0 aromatic rings. The molecule has 7 amide bonds. The van der Waals surface area contributed by atoms with Gasteiger partial charge in [0.05, 0.1) is 39.5 Å². The second-order valence-electron chi connectivity index (χ2n) is 9.45. The summed E-state index contributed by atoms with van der Waals surface area (Å²) in [7, 11) is 2.93. The Hall–Kier alpha value is -3.99. The minimum absolute atomic E-state index is 0.0965. The number of aliphatic hydroxyl groups excluding tert-OH is 5. The lowest BCUT2D eigenvalue weighted by molar-refractivity contribution is -0.135. The van der Waals surface area contributed by atoms with Crippen LogP contribution in [0.1, 0.15) is 19.3 Å². The minimum atomic E-state index is -1.64. The van der Waals surface area contributed by atoms with Gasteiger partial charge in [0.2, 0.25) is 41.4 Å². The van der Waals surface area contributed by atoms with Gasteiger partial charge in [-0.15, -0.1) is 0 Å². The molecule has 258 valence electrons. The fourth-order valence-electron chi connectivity index (χ4n) is 3.45. The van der Waals surface area contributed by atoms with Crippen LogP contribution in [0.4, 0.5) is 0 Å². The maximum absolute atomic E-state index is 12.5. The van der Waals surface area contributed by atoms with E-state index < -0.39 is 111 Å². The standard InChI is InChI=1S/C24H44N8O13/c1-26-12(5-20(40)45-2)3-4-18(38)29-15(10-35)23(43)32-14(9-34)22(42)28-7-19(39)30-16(11-36)24(44)31-13(8-33)21(41)27-6-17(25)37/h12-16,20,26,33-36,40H,3-11H2,1-2H3,(H2,25,37)(H,27,41)(H,28,42)(H,29,38)(H,30,39)(H,31,44)(H,32,43). The van der Waals surface area contributed by atoms with Crippen molar-refractivity contribution in [2.45, 2.75) is 55.8 Å². The first-order valence-corrected chi connectivity index (χ1v) is 13.6. The van der Waals surface area contributed by atoms with E-state index in [1.54, 1.807) is 7.05 Å². The summed E-state index contributed by atoms with van der Waals surface area (Å²) in [5.74, 6) is -6.69. The summed E-state index contributed by atoms with van der Waals surface area (Å²) in [5.41, 5.74) is 4.90. The first-order chi connectivity index (χ1) is 21.3. The molecule has 0 fully saturated rings. The zero-order valence-electron chi connectivity index (χ0n) is 24.9. The van der Waals surface area contributed by atoms with E-state index in [1.807, 2.05) is 0 Å². The number of amides is 7. The van der Waals surface area contributed by atoms with E-state index in [2.05, 4.69) is 37.2 Å². The second kappa shape index (κ2) is 22.5. The van der Waals surface area contributed by atoms with Crippen molar-refractivity contribution in [2.75, 3.05) is 53.7 Å². The molecule has 0 spiro atoms. The van der Waals surface area contributed by atoms with Crippen LogP contribution in [-0.4, -0.2) is 157 Å². The molecule has 0 bridgehead atoms. The SMILES string of the molecule is CNC(CCC(=O)NC(CO)C(=O)NC(CO)C(=O)NCC(=O)NC(CO)C(=O)NC(CO)C(=O)NCC(N)=O)CC(O)OC. The molecule has 14 N–H and O–H groups in total. The summed E-state index contributed by atoms with van der Waals surface area (Å²) >= 11 is 0. The highest BCUT2D eigenvalue weighted by molar-refractivity contribution is 5.95. The van der Waals surface area contributed by atoms with Crippen molar-refractivity contribution < 1.29 is 63.8 Å². The molecular weight excluding hydrogens is 608 g/mol. The van der Waals surface area contributed by atoms with E-state index in [0.29, 0.717) is 0 Å². The Morgan fingerprint density at radius 1 is 0.667 bits per heavy atom. The fraction of sp³-hybridized carbons (Fsp3) is 0.708. The van der Waals surface area contributed by atoms with Crippen molar-refractivity contribution in [2.24, 2.45) is 5.73 Å². The number of ether oxygens (including phenoxy) is 1. The molecule has 45 heavy (non-hydrogen) atoms. The van der Waals surface area contributed by atoms with Gasteiger partial charge in [-0.2, -0.15) is 0 Å². The van der Waals surface area contributed by atoms with Crippen LogP contribution in [0.25, 0.3) is 0 Å². The number of methoxy groups -OCH3 is 1. The minimum Gasteiger partial charge on any atom is -0.394 e. The maximum Gasteiger partial charge on any atom is 0.245 e. The molecule has 0 aliphatic rings. The number of nitrogens with two attached hydrogens (primary N) is 1. The lowest BCUT2D eigenvalue weighted by Crippen LogP contribution is -2.58. The lowest BCUT2D eigenvalue weighted by atomic mass is 10.1. The fourth-order valence-corrected chi connectivity index (χ4v) is 3.45. The highest BCUT2D eigenvalue weighted by Crippen LogP contribution is 2.06. The molecule has 0 saturated carbocycles. The maximum atomic E-state index is 12.5. The molecule has 21 nitrogen and oxygen atoms in total. The Morgan fingerprint density at radius 2 is 1.09 bits per heavy atom. The largest absolute Gasteiger partial charge is 0.394 e. The van der Waals surface area contributed by atoms with Gasteiger partial charge in [-0.05, 0) is 13.5 Å². The summed E-state index contributed by atoms with van der Waals surface area (Å²) in [6.45, 7) is -5.03. The third kappa shape index (κ3) is 16.6. The number of primary amides is 1. The molecule has 0 aromatic carbocycles. The first kappa shape index (κ1) is 41.0. The van der Waals surface area contributed by atoms with E-state index in [0.717, 1.165) is 0 Å². The topological polar surface area (TPSA) is 340 Å². The highest BCUT2D eigenvalue weighted by Gasteiger charge is 2.28. The van der Waals surface area contributed by atoms with Crippen molar-refractivity contribution in [3.05, 3.63) is 0 Å². The van der Waals surface area contributed by atoms with E-state index in [4.69, 9.17) is 10.5 Å². The molecule has 6 unspecified atom stereocenters. The van der Waals surface area contributed by atoms with E-state index in [1.165, 1.54) is 7.11 Å². The van der Waals surface area contributed by atoms with Gasteiger partial charge in [0.15, 0.2) is 6.29 Å². The monoisotopic (exact) mass is 652 g/mol. The van der Waals surface area contributed by atoms with E-state index >= 15 is 0 Å². The summed E-state index contributed by atoms with van der Waals surface area (Å²) in [6, 6.07) is -6.61. The van der Waals surface area contributed by atoms with Gasteiger partial charge in [0, 0.05) is 26.0 Å². The molecule has 0 saturated heterocycles. The molecule has 6 atom stereocenters. The second-order valence-corrected chi connectivity index (χ2v) is 9.45. The number of hydrogen-bond donors (Lipinski definition) is 13. The molecule has 0 aromatic heterocycles. The average Bonchev–Trinajstić information content (AvgIpc) is 3.02. The lowest BCUT2D eigenvalue weighted by Gasteiger charge is -2.22. The van der Waals surface area contributed by atoms with Gasteiger partial charge < -0.3 is 73.2 Å². The Labute approximate surface area is 258 Å². The number of carbonyl (C=O) groups excluding carboxylic acids is 7. The zero-order valence-corrected chi connectivity index (χ0v) is 24.9. The highest BCUT2D eigenvalue weighted by atomic mass is 16.6. The summed E-state index contributed by atoms with van der Waals surface area (Å²) in [5, 5.41) is 63.0. The molecule has 0 aliphatic heterocycles. The van der Waals surface area contributed by atoms with Gasteiger partial charge in [0.1, 0.15) is 24.2 Å². The normalized spacial score (nSPS) is 14.8. The van der Waals surface area contributed by atoms with Gasteiger partial charge in [0.25, 0.3) is 0 Å². The smallest absolute Gasteiger partial charge is 0.245 e. The number of aliphatic hydroxyl groups is 5. The van der Waals surface area contributed by atoms with Gasteiger partial charge in [-0.25, -0.2) is 0 Å². The van der Waals surface area contributed by atoms with Crippen LogP contribution in [0.5, 0.6) is 0 Å². The van der Waals surface area contributed by atoms with Crippen LogP contribution in [0.15, 0.2) is 0 Å². The number of hydrogen-bond acceptors (Lipinski definition) is 14. The Kier molecular flexibility index (Phi) is 20.5. The summed E-state index contributed by atoms with van der Waals surface area (Å²) < 4.78 is 4.76. The Morgan fingerprint density at radius 3 is 1.49 bits per heavy atom. The third-order valence-electron chi connectivity index (χ3n) is 6.05. The predicted octanol–water partition coefficient (Wildman–Crippen LogP) is -8.66. The number of nitrogens with one attached hydrogen (secondary N) is 7. The number of carbonyl (C=O) groups is 7. The summed E-state index contributed by atoms with van der Waals surface area (Å²) in [6.07, 6.45) is -0.711. The van der Waals surface area contributed by atoms with Crippen LogP contribution < -0.4 is 43.0 Å². The van der Waals surface area contributed by atoms with Crippen molar-refractivity contribution in [1.82, 2.24) is 37.2 Å². The molecule has 0 rings (SSSR count). The van der Waals surface area contributed by atoms with Crippen molar-refractivity contribution in [3.8, 4) is 0 Å². The van der Waals surface area contributed by atoms with Crippen molar-refractivity contribution in [1.29, 1.82) is 0 Å². The van der Waals surface area contributed by atoms with Crippen LogP contribution >= 0.6 is 0 Å².